The molecule has 1 N–H and O–H groups in total. The molecular formula is C24H19Cl2N3Sn. The van der Waals surface area contributed by atoms with Crippen LogP contribution in [-0.4, -0.2) is 31.1 Å². The topological polar surface area (TPSA) is 41.6 Å². The van der Waals surface area contributed by atoms with Crippen LogP contribution in [0.4, 0.5) is 0 Å². The van der Waals surface area contributed by atoms with Gasteiger partial charge in [-0.25, -0.2) is 4.98 Å². The van der Waals surface area contributed by atoms with Crippen LogP contribution in [0, 0.1) is 0 Å². The van der Waals surface area contributed by atoms with E-state index in [1.165, 1.54) is 0 Å². The van der Waals surface area contributed by atoms with Crippen molar-refractivity contribution in [1.29, 1.82) is 0 Å². The summed E-state index contributed by atoms with van der Waals surface area (Å²) in [5.41, 5.74) is 2.88. The Morgan fingerprint density at radius 3 is 1.77 bits per heavy atom. The Hall–Kier alpha value is -2.34. The van der Waals surface area contributed by atoms with Crippen molar-refractivity contribution in [3.8, 4) is 11.5 Å². The molecule has 30 heavy (non-hydrogen) atoms. The summed E-state index contributed by atoms with van der Waals surface area (Å²) in [4.78, 5) is 12.0. The Morgan fingerprint density at radius 1 is 0.633 bits per heavy atom. The molecule has 3 nitrogen and oxygen atoms in total. The predicted molar refractivity (Wildman–Crippen MR) is 129 cm³/mol. The van der Waals surface area contributed by atoms with E-state index in [4.69, 9.17) is 17.8 Å². The summed E-state index contributed by atoms with van der Waals surface area (Å²) >= 11 is -3.30. The molecule has 2 aromatic heterocycles. The van der Waals surface area contributed by atoms with E-state index >= 15 is 0 Å². The van der Waals surface area contributed by atoms with Crippen LogP contribution in [0.2, 0.25) is 0 Å². The number of fused-ring (bicyclic) bond motifs is 1. The minimum Gasteiger partial charge on any atom is -0.337 e. The number of rotatable bonds is 3. The normalized spacial score (nSPS) is 11.0. The standard InChI is InChI=1S/C12H9N3.2C6H5.2ClH.Sn/c1-2-6-10-9(5-1)14-12(15-10)11-7-3-4-8-13-11;2*1-2-4-6-5-3-1;;;/h1-8H,(H,14,15);2*1-5H;2*1H;/q;;;;;+2/p-2. The van der Waals surface area contributed by atoms with Crippen LogP contribution in [0.1, 0.15) is 0 Å². The maximum atomic E-state index is 6.56. The van der Waals surface area contributed by atoms with Gasteiger partial charge in [-0.15, -0.1) is 0 Å². The molecule has 0 aliphatic carbocycles. The number of aromatic amines is 1. The summed E-state index contributed by atoms with van der Waals surface area (Å²) in [7, 11) is 13.1. The number of nitrogens with zero attached hydrogens (tertiary/aromatic N) is 2. The first-order chi connectivity index (χ1) is 14.6. The van der Waals surface area contributed by atoms with Gasteiger partial charge in [0.05, 0.1) is 11.0 Å². The van der Waals surface area contributed by atoms with E-state index in [0.717, 1.165) is 29.7 Å². The van der Waals surface area contributed by atoms with Gasteiger partial charge in [-0.1, -0.05) is 18.2 Å². The van der Waals surface area contributed by atoms with Crippen LogP contribution < -0.4 is 7.16 Å². The number of imidazole rings is 1. The fourth-order valence-electron chi connectivity index (χ4n) is 3.04. The van der Waals surface area contributed by atoms with Gasteiger partial charge in [0, 0.05) is 6.20 Å². The third kappa shape index (κ3) is 4.86. The van der Waals surface area contributed by atoms with Crippen molar-refractivity contribution >= 4 is 52.2 Å². The van der Waals surface area contributed by atoms with Crippen molar-refractivity contribution in [2.75, 3.05) is 0 Å². The average molecular weight is 539 g/mol. The minimum absolute atomic E-state index is 0.816. The summed E-state index contributed by atoms with van der Waals surface area (Å²) in [6, 6.07) is 33.7. The number of pyridine rings is 1. The van der Waals surface area contributed by atoms with Crippen molar-refractivity contribution in [2.45, 2.75) is 0 Å². The Morgan fingerprint density at radius 2 is 1.20 bits per heavy atom. The fourth-order valence-corrected chi connectivity index (χ4v) is 10.9. The summed E-state index contributed by atoms with van der Waals surface area (Å²) in [5, 5.41) is 0. The van der Waals surface area contributed by atoms with Crippen LogP contribution in [-0.2, 0) is 0 Å². The van der Waals surface area contributed by atoms with Crippen molar-refractivity contribution in [3.05, 3.63) is 109 Å². The molecule has 0 bridgehead atoms. The number of para-hydroxylation sites is 2. The van der Waals surface area contributed by atoms with E-state index in [0.29, 0.717) is 0 Å². The van der Waals surface area contributed by atoms with Gasteiger partial charge in [-0.3, -0.25) is 4.98 Å². The fraction of sp³-hybridized carbons (Fsp3) is 0. The van der Waals surface area contributed by atoms with E-state index < -0.39 is 16.1 Å². The molecule has 0 aliphatic heterocycles. The molecule has 0 saturated heterocycles. The number of halogens is 2. The molecule has 6 heteroatoms. The molecule has 3 aromatic carbocycles. The summed E-state index contributed by atoms with van der Waals surface area (Å²) in [6.07, 6.45) is 1.77. The van der Waals surface area contributed by atoms with Crippen molar-refractivity contribution in [3.63, 3.8) is 0 Å². The van der Waals surface area contributed by atoms with E-state index in [1.54, 1.807) is 6.20 Å². The van der Waals surface area contributed by atoms with E-state index in [1.807, 2.05) is 103 Å². The Kier molecular flexibility index (Phi) is 6.72. The maximum Gasteiger partial charge on any atom is 0.157 e. The second kappa shape index (κ2) is 9.64. The molecule has 0 amide bonds. The first-order valence-corrected chi connectivity index (χ1v) is 19.6. The molecule has 0 aliphatic rings. The summed E-state index contributed by atoms with van der Waals surface area (Å²) in [6.45, 7) is 0. The number of aromatic nitrogens is 3. The molecule has 0 fully saturated rings. The van der Waals surface area contributed by atoms with Gasteiger partial charge < -0.3 is 4.98 Å². The van der Waals surface area contributed by atoms with Gasteiger partial charge in [0.1, 0.15) is 5.69 Å². The minimum atomic E-state index is -3.30. The van der Waals surface area contributed by atoms with E-state index in [9.17, 15) is 0 Å². The first-order valence-electron chi connectivity index (χ1n) is 9.49. The van der Waals surface area contributed by atoms with E-state index in [-0.39, 0.29) is 0 Å². The van der Waals surface area contributed by atoms with Crippen LogP contribution in [0.25, 0.3) is 22.6 Å². The van der Waals surface area contributed by atoms with Gasteiger partial charge >= 0.3 is 102 Å². The SMILES string of the molecule is [Cl][Sn]([Cl])([c]1ccccc1)[c]1ccccc1.c1ccc(-c2nc3ccccc3[nH]2)nc1. The zero-order valence-electron chi connectivity index (χ0n) is 16.0. The first kappa shape index (κ1) is 20.9. The number of benzene rings is 3. The number of hydrogen-bond donors (Lipinski definition) is 1. The summed E-state index contributed by atoms with van der Waals surface area (Å²) in [5.74, 6) is 0.816. The van der Waals surface area contributed by atoms with Crippen molar-refractivity contribution < 1.29 is 0 Å². The Labute approximate surface area is 187 Å². The van der Waals surface area contributed by atoms with Gasteiger partial charge in [0.15, 0.2) is 5.82 Å². The van der Waals surface area contributed by atoms with E-state index in [2.05, 4.69) is 15.0 Å². The van der Waals surface area contributed by atoms with Crippen LogP contribution in [0.5, 0.6) is 0 Å². The smallest absolute Gasteiger partial charge is 0.157 e. The second-order valence-corrected chi connectivity index (χ2v) is 22.1. The second-order valence-electron chi connectivity index (χ2n) is 6.62. The van der Waals surface area contributed by atoms with Crippen LogP contribution in [0.15, 0.2) is 109 Å². The molecule has 5 aromatic rings. The molecule has 0 spiro atoms. The average Bonchev–Trinajstić information content (AvgIpc) is 3.26. The van der Waals surface area contributed by atoms with Gasteiger partial charge in [-0.2, -0.15) is 0 Å². The quantitative estimate of drug-likeness (QED) is 0.315. The van der Waals surface area contributed by atoms with Crippen molar-refractivity contribution in [1.82, 2.24) is 15.0 Å². The zero-order chi connectivity index (χ0) is 20.8. The zero-order valence-corrected chi connectivity index (χ0v) is 20.4. The van der Waals surface area contributed by atoms with Gasteiger partial charge in [-0.05, 0) is 24.3 Å². The molecule has 0 radical (unpaired) electrons. The molecule has 0 unspecified atom stereocenters. The molecule has 5 rings (SSSR count). The molecule has 0 saturated carbocycles. The number of hydrogen-bond acceptors (Lipinski definition) is 2. The third-order valence-corrected chi connectivity index (χ3v) is 16.5. The monoisotopic (exact) mass is 539 g/mol. The largest absolute Gasteiger partial charge is 0.337 e. The third-order valence-electron chi connectivity index (χ3n) is 4.57. The van der Waals surface area contributed by atoms with Gasteiger partial charge in [0.2, 0.25) is 0 Å². The van der Waals surface area contributed by atoms with Crippen molar-refractivity contribution in [2.24, 2.45) is 0 Å². The Balaban J connectivity index is 0.000000145. The maximum absolute atomic E-state index is 6.56. The van der Waals surface area contributed by atoms with Gasteiger partial charge in [0.25, 0.3) is 0 Å². The molecule has 0 atom stereocenters. The summed E-state index contributed by atoms with van der Waals surface area (Å²) < 4.78 is 2.20. The molecular weight excluding hydrogens is 520 g/mol. The number of nitrogens with one attached hydrogen (secondary N) is 1. The molecule has 2 heterocycles. The molecule has 148 valence electrons. The number of H-pyrrole nitrogens is 1. The van der Waals surface area contributed by atoms with Crippen LogP contribution >= 0.6 is 17.8 Å². The predicted octanol–water partition coefficient (Wildman–Crippen LogP) is 5.35. The van der Waals surface area contributed by atoms with Crippen LogP contribution in [0.3, 0.4) is 0 Å². The Bertz CT molecular complexity index is 1140.